The summed E-state index contributed by atoms with van der Waals surface area (Å²) in [6.07, 6.45) is 1.31. The van der Waals surface area contributed by atoms with E-state index in [0.29, 0.717) is 68.6 Å². The Hall–Kier alpha value is -3.28. The zero-order valence-electron chi connectivity index (χ0n) is 22.4. The van der Waals surface area contributed by atoms with E-state index in [4.69, 9.17) is 4.74 Å². The van der Waals surface area contributed by atoms with E-state index in [1.165, 1.54) is 18.2 Å². The number of carbonyl (C=O) groups is 1. The Balaban J connectivity index is 1.51. The third-order valence-electron chi connectivity index (χ3n) is 7.97. The first-order valence-corrected chi connectivity index (χ1v) is 14.5. The maximum atomic E-state index is 15.1. The van der Waals surface area contributed by atoms with Crippen LogP contribution in [0.2, 0.25) is 0 Å². The number of aromatic nitrogens is 2. The first-order chi connectivity index (χ1) is 19.4. The highest BCUT2D eigenvalue weighted by molar-refractivity contribution is 7.99. The van der Waals surface area contributed by atoms with Crippen LogP contribution in [0.25, 0.3) is 22.0 Å². The monoisotopic (exact) mass is 567 g/mol. The van der Waals surface area contributed by atoms with Gasteiger partial charge in [0.25, 0.3) is 0 Å². The standard InChI is InChI=1S/C29H31F2N5O3S/c1-3-24(37)34-6-8-35(9-7-34)28-22-14-18(2)25(21-5-4-19(30)15-23(21)31)27-26(22)36(29(38)32-28)20(17-40-27)16-33-10-12-39-13-11-33/h3-5,14-15,20H,1,6-13,16-17H2,2H3. The Bertz CT molecular complexity index is 1550. The highest BCUT2D eigenvalue weighted by Crippen LogP contribution is 2.46. The van der Waals surface area contributed by atoms with Crippen molar-refractivity contribution >= 4 is 34.4 Å². The van der Waals surface area contributed by atoms with Gasteiger partial charge in [-0.3, -0.25) is 14.3 Å². The second kappa shape index (κ2) is 10.9. The summed E-state index contributed by atoms with van der Waals surface area (Å²) in [4.78, 5) is 37.4. The van der Waals surface area contributed by atoms with Crippen LogP contribution in [0.1, 0.15) is 11.6 Å². The predicted molar refractivity (Wildman–Crippen MR) is 152 cm³/mol. The largest absolute Gasteiger partial charge is 0.379 e. The Morgan fingerprint density at radius 2 is 1.90 bits per heavy atom. The van der Waals surface area contributed by atoms with Crippen LogP contribution in [-0.4, -0.2) is 90.0 Å². The summed E-state index contributed by atoms with van der Waals surface area (Å²) < 4.78 is 36.2. The molecule has 8 nitrogen and oxygen atoms in total. The molecule has 0 N–H and O–H groups in total. The second-order valence-corrected chi connectivity index (χ2v) is 11.4. The fourth-order valence-corrected chi connectivity index (χ4v) is 7.35. The van der Waals surface area contributed by atoms with Crippen molar-refractivity contribution in [2.45, 2.75) is 17.9 Å². The number of amides is 1. The average Bonchev–Trinajstić information content (AvgIpc) is 2.96. The molecule has 40 heavy (non-hydrogen) atoms. The van der Waals surface area contributed by atoms with Gasteiger partial charge in [0.05, 0.1) is 24.8 Å². The van der Waals surface area contributed by atoms with Crippen molar-refractivity contribution in [3.63, 3.8) is 0 Å². The summed E-state index contributed by atoms with van der Waals surface area (Å²) in [6, 6.07) is 5.47. The van der Waals surface area contributed by atoms with Crippen LogP contribution in [0.15, 0.2) is 46.6 Å². The fraction of sp³-hybridized carbons (Fsp3) is 0.414. The van der Waals surface area contributed by atoms with E-state index in [2.05, 4.69) is 16.5 Å². The highest BCUT2D eigenvalue weighted by atomic mass is 32.2. The Kier molecular flexibility index (Phi) is 7.37. The molecule has 3 aromatic rings. The van der Waals surface area contributed by atoms with E-state index in [9.17, 15) is 14.0 Å². The van der Waals surface area contributed by atoms with Crippen LogP contribution in [0.3, 0.4) is 0 Å². The summed E-state index contributed by atoms with van der Waals surface area (Å²) in [7, 11) is 0. The lowest BCUT2D eigenvalue weighted by molar-refractivity contribution is -0.126. The molecule has 2 saturated heterocycles. The number of thioether (sulfide) groups is 1. The van der Waals surface area contributed by atoms with Crippen molar-refractivity contribution in [1.29, 1.82) is 0 Å². The van der Waals surface area contributed by atoms with E-state index in [1.807, 2.05) is 17.9 Å². The lowest BCUT2D eigenvalue weighted by atomic mass is 9.96. The first-order valence-electron chi connectivity index (χ1n) is 13.5. The molecule has 3 aliphatic heterocycles. The number of rotatable bonds is 5. The number of hydrogen-bond donors (Lipinski definition) is 0. The van der Waals surface area contributed by atoms with Gasteiger partial charge in [-0.05, 0) is 36.8 Å². The number of hydrogen-bond acceptors (Lipinski definition) is 7. The lowest BCUT2D eigenvalue weighted by Crippen LogP contribution is -2.49. The molecule has 0 radical (unpaired) electrons. The normalized spacial score (nSPS) is 19.7. The molecule has 11 heteroatoms. The molecule has 2 fully saturated rings. The van der Waals surface area contributed by atoms with Gasteiger partial charge in [0.2, 0.25) is 5.91 Å². The summed E-state index contributed by atoms with van der Waals surface area (Å²) in [5, 5.41) is 0.820. The lowest BCUT2D eigenvalue weighted by Gasteiger charge is -2.37. The predicted octanol–water partition coefficient (Wildman–Crippen LogP) is 3.46. The average molecular weight is 568 g/mol. The maximum Gasteiger partial charge on any atom is 0.350 e. The first kappa shape index (κ1) is 26.9. The molecule has 3 aliphatic rings. The minimum absolute atomic E-state index is 0.117. The van der Waals surface area contributed by atoms with Crippen molar-refractivity contribution in [3.05, 3.63) is 64.6 Å². The smallest absolute Gasteiger partial charge is 0.350 e. The SMILES string of the molecule is C=CC(=O)N1CCN(c2nc(=O)n3c4c(c(-c5ccc(F)cc5F)c(C)cc24)SCC3CN2CCOCC2)CC1. The number of anilines is 1. The molecule has 1 unspecified atom stereocenters. The van der Waals surface area contributed by atoms with Crippen LogP contribution >= 0.6 is 11.8 Å². The van der Waals surface area contributed by atoms with Crippen LogP contribution in [0.4, 0.5) is 14.6 Å². The number of morpholine rings is 1. The van der Waals surface area contributed by atoms with Gasteiger partial charge >= 0.3 is 5.69 Å². The maximum absolute atomic E-state index is 15.1. The second-order valence-electron chi connectivity index (χ2n) is 10.4. The van der Waals surface area contributed by atoms with Crippen molar-refractivity contribution in [2.24, 2.45) is 0 Å². The van der Waals surface area contributed by atoms with Crippen LogP contribution in [-0.2, 0) is 9.53 Å². The number of aryl methyl sites for hydroxylation is 1. The molecule has 0 saturated carbocycles. The van der Waals surface area contributed by atoms with Gasteiger partial charge in [0.1, 0.15) is 17.5 Å². The van der Waals surface area contributed by atoms with Gasteiger partial charge in [0, 0.05) is 79.0 Å². The van der Waals surface area contributed by atoms with E-state index < -0.39 is 11.6 Å². The van der Waals surface area contributed by atoms with E-state index in [-0.39, 0.29) is 17.6 Å². The van der Waals surface area contributed by atoms with Crippen molar-refractivity contribution in [2.75, 3.05) is 69.7 Å². The minimum atomic E-state index is -0.638. The quantitative estimate of drug-likeness (QED) is 0.438. The van der Waals surface area contributed by atoms with Gasteiger partial charge in [-0.2, -0.15) is 4.98 Å². The third kappa shape index (κ3) is 4.80. The third-order valence-corrected chi connectivity index (χ3v) is 9.20. The Labute approximate surface area is 235 Å². The minimum Gasteiger partial charge on any atom is -0.379 e. The van der Waals surface area contributed by atoms with Gasteiger partial charge < -0.3 is 14.5 Å². The van der Waals surface area contributed by atoms with Crippen molar-refractivity contribution in [3.8, 4) is 11.1 Å². The fourth-order valence-electron chi connectivity index (χ4n) is 5.97. The molecule has 1 amide bonds. The molecule has 210 valence electrons. The molecular formula is C29H31F2N5O3S. The van der Waals surface area contributed by atoms with Gasteiger partial charge in [-0.15, -0.1) is 11.8 Å². The van der Waals surface area contributed by atoms with E-state index >= 15 is 4.39 Å². The molecule has 0 spiro atoms. The molecule has 0 bridgehead atoms. The zero-order chi connectivity index (χ0) is 28.0. The zero-order valence-corrected chi connectivity index (χ0v) is 23.2. The molecule has 2 aromatic carbocycles. The van der Waals surface area contributed by atoms with Crippen molar-refractivity contribution < 1.29 is 18.3 Å². The van der Waals surface area contributed by atoms with Crippen LogP contribution < -0.4 is 10.6 Å². The molecule has 0 aliphatic carbocycles. The summed E-state index contributed by atoms with van der Waals surface area (Å²) in [5.74, 6) is -0.189. The summed E-state index contributed by atoms with van der Waals surface area (Å²) >= 11 is 1.61. The van der Waals surface area contributed by atoms with Gasteiger partial charge in [-0.25, -0.2) is 13.6 Å². The molecule has 6 rings (SSSR count). The van der Waals surface area contributed by atoms with E-state index in [1.54, 1.807) is 21.2 Å². The summed E-state index contributed by atoms with van der Waals surface area (Å²) in [5.41, 5.74) is 2.19. The van der Waals surface area contributed by atoms with Crippen LogP contribution in [0, 0.1) is 18.6 Å². The van der Waals surface area contributed by atoms with Crippen molar-refractivity contribution in [1.82, 2.24) is 19.4 Å². The number of nitrogens with zero attached hydrogens (tertiary/aromatic N) is 5. The molecule has 1 atom stereocenters. The van der Waals surface area contributed by atoms with E-state index in [0.717, 1.165) is 40.5 Å². The number of halogens is 2. The van der Waals surface area contributed by atoms with Gasteiger partial charge in [-0.1, -0.05) is 6.58 Å². The number of ether oxygens (including phenoxy) is 1. The molecule has 1 aromatic heterocycles. The summed E-state index contributed by atoms with van der Waals surface area (Å²) in [6.45, 7) is 11.1. The Morgan fingerprint density at radius 1 is 1.15 bits per heavy atom. The Morgan fingerprint density at radius 3 is 2.60 bits per heavy atom. The topological polar surface area (TPSA) is 70.9 Å². The number of piperazine rings is 1. The highest BCUT2D eigenvalue weighted by Gasteiger charge is 2.32. The molecular weight excluding hydrogens is 536 g/mol. The van der Waals surface area contributed by atoms with Crippen LogP contribution in [0.5, 0.6) is 0 Å². The van der Waals surface area contributed by atoms with Gasteiger partial charge in [0.15, 0.2) is 0 Å². The number of benzene rings is 2. The molecule has 4 heterocycles. The number of carbonyl (C=O) groups excluding carboxylic acids is 1.